The van der Waals surface area contributed by atoms with Gasteiger partial charge in [0.15, 0.2) is 0 Å². The zero-order chi connectivity index (χ0) is 23.8. The van der Waals surface area contributed by atoms with E-state index < -0.39 is 0 Å². The first-order valence-electron chi connectivity index (χ1n) is 13.9. The van der Waals surface area contributed by atoms with Crippen molar-refractivity contribution in [3.8, 4) is 0 Å². The molecule has 5 aliphatic carbocycles. The van der Waals surface area contributed by atoms with Crippen LogP contribution in [0.1, 0.15) is 99.3 Å². The molecule has 1 spiro atoms. The van der Waals surface area contributed by atoms with Crippen LogP contribution in [-0.2, 0) is 9.53 Å². The van der Waals surface area contributed by atoms with Crippen LogP contribution in [0.2, 0.25) is 0 Å². The molecule has 3 heteroatoms. The molecule has 0 radical (unpaired) electrons. The van der Waals surface area contributed by atoms with E-state index in [1.54, 1.807) is 0 Å². The second-order valence-electron chi connectivity index (χ2n) is 14.7. The Bertz CT molecular complexity index is 906. The van der Waals surface area contributed by atoms with E-state index in [2.05, 4.69) is 48.1 Å². The van der Waals surface area contributed by atoms with Crippen LogP contribution in [0.5, 0.6) is 0 Å². The van der Waals surface area contributed by atoms with Crippen LogP contribution in [0.25, 0.3) is 0 Å². The van der Waals surface area contributed by atoms with Gasteiger partial charge in [-0.05, 0) is 104 Å². The summed E-state index contributed by atoms with van der Waals surface area (Å²) in [6, 6.07) is 0. The zero-order valence-electron chi connectivity index (χ0n) is 21.9. The summed E-state index contributed by atoms with van der Waals surface area (Å²) < 4.78 is 5.94. The van der Waals surface area contributed by atoms with Crippen LogP contribution >= 0.6 is 0 Å². The van der Waals surface area contributed by atoms with E-state index in [1.165, 1.54) is 44.1 Å². The van der Waals surface area contributed by atoms with E-state index in [-0.39, 0.29) is 34.4 Å². The summed E-state index contributed by atoms with van der Waals surface area (Å²) in [6.07, 6.45) is 10.2. The Morgan fingerprint density at radius 1 is 0.939 bits per heavy atom. The van der Waals surface area contributed by atoms with E-state index >= 15 is 0 Å². The first kappa shape index (κ1) is 22.6. The van der Waals surface area contributed by atoms with Crippen molar-refractivity contribution < 1.29 is 14.6 Å². The summed E-state index contributed by atoms with van der Waals surface area (Å²) in [6.45, 7) is 19.1. The number of rotatable bonds is 1. The lowest BCUT2D eigenvalue weighted by atomic mass is 9.32. The number of esters is 1. The van der Waals surface area contributed by atoms with Gasteiger partial charge < -0.3 is 9.84 Å². The number of aliphatic hydroxyl groups is 1. The quantitative estimate of drug-likeness (QED) is 0.361. The molecule has 0 amide bonds. The van der Waals surface area contributed by atoms with Gasteiger partial charge in [-0.1, -0.05) is 46.8 Å². The predicted molar refractivity (Wildman–Crippen MR) is 130 cm³/mol. The van der Waals surface area contributed by atoms with Gasteiger partial charge in [0.2, 0.25) is 0 Å². The van der Waals surface area contributed by atoms with E-state index in [9.17, 15) is 9.90 Å². The molecule has 184 valence electrons. The van der Waals surface area contributed by atoms with Crippen molar-refractivity contribution in [3.63, 3.8) is 0 Å². The average molecular weight is 455 g/mol. The van der Waals surface area contributed by atoms with Gasteiger partial charge in [-0.3, -0.25) is 4.79 Å². The maximum absolute atomic E-state index is 13.2. The molecule has 1 aliphatic heterocycles. The van der Waals surface area contributed by atoms with Gasteiger partial charge in [0.1, 0.15) is 6.10 Å². The van der Waals surface area contributed by atoms with Crippen molar-refractivity contribution >= 4 is 5.97 Å². The van der Waals surface area contributed by atoms with Gasteiger partial charge in [0, 0.05) is 12.3 Å². The summed E-state index contributed by atoms with van der Waals surface area (Å²) in [5.74, 6) is 2.79. The molecule has 0 aromatic rings. The summed E-state index contributed by atoms with van der Waals surface area (Å²) in [5.41, 5.74) is 1.86. The van der Waals surface area contributed by atoms with Gasteiger partial charge in [0.25, 0.3) is 0 Å². The standard InChI is InChI=1S/C30H46O3/c1-17(2)23-19-16-30(25(32)33-19)15-14-28(6)18(24(23)30)8-9-21-27(5)12-11-22(31)26(3,4)20(27)10-13-29(21,28)7/h18-24,31H,1,8-16H2,2-7H3/t18-,19+,20+,21-,22-,23-,24+,27+,28-,29-,30-/m1/s1. The third-order valence-corrected chi connectivity index (χ3v) is 13.7. The SMILES string of the molecule is C=C(C)[C@H]1[C@@H]2[C@H]3CC[C@@H]4[C@@]5(C)CC[C@@H](O)C(C)(C)[C@@H]5CC[C@@]4(C)[C@]3(C)CC[C@@]23C[C@@H]1OC3=O. The number of carbonyl (C=O) groups excluding carboxylic acids is 1. The first-order chi connectivity index (χ1) is 15.3. The highest BCUT2D eigenvalue weighted by Crippen LogP contribution is 2.78. The summed E-state index contributed by atoms with van der Waals surface area (Å²) >= 11 is 0. The van der Waals surface area contributed by atoms with Crippen molar-refractivity contribution in [2.24, 2.45) is 56.7 Å². The van der Waals surface area contributed by atoms with Crippen LogP contribution in [0, 0.1) is 56.7 Å². The van der Waals surface area contributed by atoms with Gasteiger partial charge >= 0.3 is 5.97 Å². The van der Waals surface area contributed by atoms with Crippen molar-refractivity contribution in [1.29, 1.82) is 0 Å². The molecule has 33 heavy (non-hydrogen) atoms. The summed E-state index contributed by atoms with van der Waals surface area (Å²) in [4.78, 5) is 13.2. The third kappa shape index (κ3) is 2.40. The molecule has 0 aromatic heterocycles. The first-order valence-corrected chi connectivity index (χ1v) is 13.9. The Kier molecular flexibility index (Phi) is 4.44. The fourth-order valence-corrected chi connectivity index (χ4v) is 11.9. The molecule has 3 nitrogen and oxygen atoms in total. The smallest absolute Gasteiger partial charge is 0.312 e. The molecule has 11 atom stereocenters. The Morgan fingerprint density at radius 2 is 1.67 bits per heavy atom. The zero-order valence-corrected chi connectivity index (χ0v) is 21.9. The van der Waals surface area contributed by atoms with Crippen LogP contribution in [-0.4, -0.2) is 23.3 Å². The minimum absolute atomic E-state index is 0.00210. The van der Waals surface area contributed by atoms with Gasteiger partial charge in [-0.25, -0.2) is 0 Å². The molecule has 6 fully saturated rings. The Labute approximate surface area is 201 Å². The molecule has 1 N–H and O–H groups in total. The van der Waals surface area contributed by atoms with Crippen molar-refractivity contribution in [1.82, 2.24) is 0 Å². The lowest BCUT2D eigenvalue weighted by molar-refractivity contribution is -0.250. The molecule has 6 aliphatic rings. The molecular formula is C30H46O3. The fraction of sp³-hybridized carbons (Fsp3) is 0.900. The highest BCUT2D eigenvalue weighted by atomic mass is 16.6. The fourth-order valence-electron chi connectivity index (χ4n) is 11.9. The highest BCUT2D eigenvalue weighted by Gasteiger charge is 2.75. The third-order valence-electron chi connectivity index (χ3n) is 13.7. The van der Waals surface area contributed by atoms with Crippen molar-refractivity contribution in [3.05, 3.63) is 12.2 Å². The Hall–Kier alpha value is -0.830. The monoisotopic (exact) mass is 454 g/mol. The van der Waals surface area contributed by atoms with Crippen molar-refractivity contribution in [2.75, 3.05) is 0 Å². The van der Waals surface area contributed by atoms with E-state index in [4.69, 9.17) is 4.74 Å². The van der Waals surface area contributed by atoms with E-state index in [1.807, 2.05) is 0 Å². The Morgan fingerprint density at radius 3 is 2.36 bits per heavy atom. The van der Waals surface area contributed by atoms with Gasteiger partial charge in [-0.2, -0.15) is 0 Å². The largest absolute Gasteiger partial charge is 0.461 e. The number of ether oxygens (including phenoxy) is 1. The van der Waals surface area contributed by atoms with E-state index in [0.29, 0.717) is 40.4 Å². The average Bonchev–Trinajstić information content (AvgIpc) is 3.23. The molecule has 2 bridgehead atoms. The molecule has 6 rings (SSSR count). The van der Waals surface area contributed by atoms with Crippen LogP contribution < -0.4 is 0 Å². The van der Waals surface area contributed by atoms with Gasteiger partial charge in [0.05, 0.1) is 11.5 Å². The minimum Gasteiger partial charge on any atom is -0.461 e. The predicted octanol–water partition coefficient (Wildman–Crippen LogP) is 6.54. The number of fused-ring (bicyclic) bond motifs is 7. The van der Waals surface area contributed by atoms with E-state index in [0.717, 1.165) is 19.3 Å². The number of aliphatic hydroxyl groups excluding tert-OH is 1. The molecule has 1 heterocycles. The number of carbonyl (C=O) groups is 1. The number of hydrogen-bond acceptors (Lipinski definition) is 3. The van der Waals surface area contributed by atoms with Gasteiger partial charge in [-0.15, -0.1) is 0 Å². The van der Waals surface area contributed by atoms with Crippen LogP contribution in [0.4, 0.5) is 0 Å². The minimum atomic E-state index is -0.236. The number of hydrogen-bond donors (Lipinski definition) is 1. The molecular weight excluding hydrogens is 408 g/mol. The molecule has 0 unspecified atom stereocenters. The second-order valence-corrected chi connectivity index (χ2v) is 14.7. The maximum atomic E-state index is 13.2. The Balaban J connectivity index is 1.41. The van der Waals surface area contributed by atoms with Crippen molar-refractivity contribution in [2.45, 2.75) is 112 Å². The maximum Gasteiger partial charge on any atom is 0.312 e. The van der Waals surface area contributed by atoms with Crippen LogP contribution in [0.15, 0.2) is 12.2 Å². The summed E-state index contributed by atoms with van der Waals surface area (Å²) in [7, 11) is 0. The van der Waals surface area contributed by atoms with Crippen LogP contribution in [0.3, 0.4) is 0 Å². The molecule has 0 aromatic carbocycles. The lowest BCUT2D eigenvalue weighted by Crippen LogP contribution is -2.67. The highest BCUT2D eigenvalue weighted by molar-refractivity contribution is 5.81. The summed E-state index contributed by atoms with van der Waals surface area (Å²) in [5, 5.41) is 10.9. The topological polar surface area (TPSA) is 46.5 Å². The molecule has 1 saturated heterocycles. The normalized spacial score (nSPS) is 58.5. The molecule has 5 saturated carbocycles. The lowest BCUT2D eigenvalue weighted by Gasteiger charge is -2.72. The second kappa shape index (κ2) is 6.48.